The SMILES string of the molecule is O=C1CC[C@H](C(=O)O)[C@@H](C(=O)O)C1. The number of hydrogen-bond donors (Lipinski definition) is 2. The van der Waals surface area contributed by atoms with E-state index < -0.39 is 23.8 Å². The summed E-state index contributed by atoms with van der Waals surface area (Å²) in [7, 11) is 0. The molecule has 1 aliphatic rings. The summed E-state index contributed by atoms with van der Waals surface area (Å²) in [6.07, 6.45) is 0.179. The van der Waals surface area contributed by atoms with Crippen molar-refractivity contribution in [3.8, 4) is 0 Å². The van der Waals surface area contributed by atoms with Gasteiger partial charge in [0.25, 0.3) is 0 Å². The topological polar surface area (TPSA) is 91.7 Å². The van der Waals surface area contributed by atoms with E-state index in [0.717, 1.165) is 0 Å². The van der Waals surface area contributed by atoms with Gasteiger partial charge in [-0.1, -0.05) is 0 Å². The Morgan fingerprint density at radius 2 is 1.69 bits per heavy atom. The predicted molar refractivity (Wildman–Crippen MR) is 41.1 cm³/mol. The molecule has 0 aromatic rings. The van der Waals surface area contributed by atoms with Gasteiger partial charge >= 0.3 is 11.9 Å². The molecular weight excluding hydrogens is 176 g/mol. The van der Waals surface area contributed by atoms with Crippen molar-refractivity contribution >= 4 is 17.7 Å². The second-order valence-electron chi connectivity index (χ2n) is 3.17. The number of carbonyl (C=O) groups excluding carboxylic acids is 1. The molecule has 1 aliphatic carbocycles. The Kier molecular flexibility index (Phi) is 2.65. The third-order valence-electron chi connectivity index (χ3n) is 2.30. The van der Waals surface area contributed by atoms with Gasteiger partial charge in [0, 0.05) is 12.8 Å². The average molecular weight is 186 g/mol. The first-order valence-electron chi connectivity index (χ1n) is 3.99. The molecule has 0 amide bonds. The lowest BCUT2D eigenvalue weighted by Crippen LogP contribution is -2.35. The quantitative estimate of drug-likeness (QED) is 0.640. The maximum atomic E-state index is 10.9. The van der Waals surface area contributed by atoms with Crippen LogP contribution >= 0.6 is 0 Å². The highest BCUT2D eigenvalue weighted by atomic mass is 16.4. The zero-order chi connectivity index (χ0) is 10.0. The van der Waals surface area contributed by atoms with Crippen LogP contribution in [0.1, 0.15) is 19.3 Å². The minimum absolute atomic E-state index is 0.144. The van der Waals surface area contributed by atoms with Crippen LogP contribution in [0, 0.1) is 11.8 Å². The molecule has 0 aromatic carbocycles. The molecule has 1 fully saturated rings. The summed E-state index contributed by atoms with van der Waals surface area (Å²) in [4.78, 5) is 32.1. The molecule has 0 heterocycles. The normalized spacial score (nSPS) is 28.5. The smallest absolute Gasteiger partial charge is 0.307 e. The molecule has 0 spiro atoms. The molecule has 72 valence electrons. The Labute approximate surface area is 74.4 Å². The lowest BCUT2D eigenvalue weighted by molar-refractivity contribution is -0.157. The summed E-state index contributed by atoms with van der Waals surface area (Å²) < 4.78 is 0. The Morgan fingerprint density at radius 3 is 2.15 bits per heavy atom. The summed E-state index contributed by atoms with van der Waals surface area (Å²) in [5.41, 5.74) is 0. The summed E-state index contributed by atoms with van der Waals surface area (Å²) in [6, 6.07) is 0. The number of carboxylic acid groups (broad SMARTS) is 2. The highest BCUT2D eigenvalue weighted by Crippen LogP contribution is 2.28. The number of carboxylic acids is 2. The molecule has 1 rings (SSSR count). The molecule has 0 saturated heterocycles. The third-order valence-corrected chi connectivity index (χ3v) is 2.30. The van der Waals surface area contributed by atoms with Crippen molar-refractivity contribution in [2.45, 2.75) is 19.3 Å². The van der Waals surface area contributed by atoms with Gasteiger partial charge in [0.05, 0.1) is 11.8 Å². The Bertz CT molecular complexity index is 257. The van der Waals surface area contributed by atoms with Crippen molar-refractivity contribution in [2.75, 3.05) is 0 Å². The summed E-state index contributed by atoms with van der Waals surface area (Å²) in [6.45, 7) is 0. The number of rotatable bonds is 2. The molecule has 2 N–H and O–H groups in total. The van der Waals surface area contributed by atoms with Gasteiger partial charge in [0.2, 0.25) is 0 Å². The second-order valence-corrected chi connectivity index (χ2v) is 3.17. The Balaban J connectivity index is 2.77. The molecule has 5 heteroatoms. The van der Waals surface area contributed by atoms with Crippen molar-refractivity contribution in [1.82, 2.24) is 0 Å². The van der Waals surface area contributed by atoms with Crippen LogP contribution in [0.15, 0.2) is 0 Å². The van der Waals surface area contributed by atoms with Crippen LogP contribution < -0.4 is 0 Å². The van der Waals surface area contributed by atoms with Crippen LogP contribution in [0.4, 0.5) is 0 Å². The second kappa shape index (κ2) is 3.55. The largest absolute Gasteiger partial charge is 0.481 e. The van der Waals surface area contributed by atoms with Gasteiger partial charge in [0.15, 0.2) is 0 Å². The predicted octanol–water partition coefficient (Wildman–Crippen LogP) is 0.141. The lowest BCUT2D eigenvalue weighted by Gasteiger charge is -2.23. The van der Waals surface area contributed by atoms with E-state index in [9.17, 15) is 14.4 Å². The van der Waals surface area contributed by atoms with E-state index in [1.54, 1.807) is 0 Å². The lowest BCUT2D eigenvalue weighted by atomic mass is 9.79. The van der Waals surface area contributed by atoms with E-state index in [1.807, 2.05) is 0 Å². The molecule has 13 heavy (non-hydrogen) atoms. The van der Waals surface area contributed by atoms with Crippen LogP contribution in [-0.4, -0.2) is 27.9 Å². The van der Waals surface area contributed by atoms with E-state index >= 15 is 0 Å². The maximum absolute atomic E-state index is 10.9. The fourth-order valence-corrected chi connectivity index (χ4v) is 1.56. The third kappa shape index (κ3) is 2.05. The van der Waals surface area contributed by atoms with Crippen LogP contribution in [0.2, 0.25) is 0 Å². The van der Waals surface area contributed by atoms with E-state index in [0.29, 0.717) is 0 Å². The summed E-state index contributed by atoms with van der Waals surface area (Å²) in [5.74, 6) is -4.43. The minimum atomic E-state index is -1.19. The molecule has 2 atom stereocenters. The first-order valence-corrected chi connectivity index (χ1v) is 3.99. The first kappa shape index (κ1) is 9.70. The van der Waals surface area contributed by atoms with Crippen molar-refractivity contribution in [2.24, 2.45) is 11.8 Å². The van der Waals surface area contributed by atoms with E-state index in [-0.39, 0.29) is 25.0 Å². The number of carbonyl (C=O) groups is 3. The molecule has 0 aliphatic heterocycles. The van der Waals surface area contributed by atoms with Gasteiger partial charge < -0.3 is 10.2 Å². The van der Waals surface area contributed by atoms with E-state index in [4.69, 9.17) is 10.2 Å². The van der Waals surface area contributed by atoms with Crippen molar-refractivity contribution in [3.05, 3.63) is 0 Å². The number of Topliss-reactive ketones (excluding diaryl/α,β-unsaturated/α-hetero) is 1. The number of ketones is 1. The highest BCUT2D eigenvalue weighted by Gasteiger charge is 2.38. The highest BCUT2D eigenvalue weighted by molar-refractivity contribution is 5.89. The fraction of sp³-hybridized carbons (Fsp3) is 0.625. The van der Waals surface area contributed by atoms with E-state index in [1.165, 1.54) is 0 Å². The van der Waals surface area contributed by atoms with Crippen LogP contribution in [0.25, 0.3) is 0 Å². The number of aliphatic carboxylic acids is 2. The van der Waals surface area contributed by atoms with Crippen LogP contribution in [-0.2, 0) is 14.4 Å². The fourth-order valence-electron chi connectivity index (χ4n) is 1.56. The van der Waals surface area contributed by atoms with E-state index in [2.05, 4.69) is 0 Å². The van der Waals surface area contributed by atoms with Gasteiger partial charge in [-0.05, 0) is 6.42 Å². The van der Waals surface area contributed by atoms with Crippen LogP contribution in [0.3, 0.4) is 0 Å². The molecule has 0 aromatic heterocycles. The molecule has 0 bridgehead atoms. The Hall–Kier alpha value is -1.39. The molecule has 0 unspecified atom stereocenters. The van der Waals surface area contributed by atoms with Gasteiger partial charge in [-0.2, -0.15) is 0 Å². The van der Waals surface area contributed by atoms with Gasteiger partial charge in [-0.25, -0.2) is 0 Å². The van der Waals surface area contributed by atoms with Gasteiger partial charge in [-0.3, -0.25) is 14.4 Å². The van der Waals surface area contributed by atoms with Gasteiger partial charge in [0.1, 0.15) is 5.78 Å². The standard InChI is InChI=1S/C8H10O5/c9-4-1-2-5(7(10)11)6(3-4)8(12)13/h5-6H,1-3H2,(H,10,11)(H,12,13)/t5-,6-/m0/s1. The zero-order valence-electron chi connectivity index (χ0n) is 6.90. The van der Waals surface area contributed by atoms with Crippen molar-refractivity contribution < 1.29 is 24.6 Å². The number of hydrogen-bond acceptors (Lipinski definition) is 3. The monoisotopic (exact) mass is 186 g/mol. The van der Waals surface area contributed by atoms with Crippen LogP contribution in [0.5, 0.6) is 0 Å². The molecule has 5 nitrogen and oxygen atoms in total. The first-order chi connectivity index (χ1) is 6.02. The summed E-state index contributed by atoms with van der Waals surface area (Å²) in [5, 5.41) is 17.3. The summed E-state index contributed by atoms with van der Waals surface area (Å²) >= 11 is 0. The minimum Gasteiger partial charge on any atom is -0.481 e. The zero-order valence-corrected chi connectivity index (χ0v) is 6.90. The Morgan fingerprint density at radius 1 is 1.15 bits per heavy atom. The molecule has 0 radical (unpaired) electrons. The molecule has 1 saturated carbocycles. The van der Waals surface area contributed by atoms with Gasteiger partial charge in [-0.15, -0.1) is 0 Å². The maximum Gasteiger partial charge on any atom is 0.307 e. The van der Waals surface area contributed by atoms with Crippen molar-refractivity contribution in [3.63, 3.8) is 0 Å². The average Bonchev–Trinajstić information content (AvgIpc) is 2.03. The van der Waals surface area contributed by atoms with Crippen molar-refractivity contribution in [1.29, 1.82) is 0 Å². The molecular formula is C8H10O5.